The van der Waals surface area contributed by atoms with E-state index in [2.05, 4.69) is 62.8 Å². The van der Waals surface area contributed by atoms with Gasteiger partial charge in [-0.1, -0.05) is 29.8 Å². The summed E-state index contributed by atoms with van der Waals surface area (Å²) < 4.78 is 4.33. The van der Waals surface area contributed by atoms with Crippen LogP contribution in [0.3, 0.4) is 0 Å². The summed E-state index contributed by atoms with van der Waals surface area (Å²) in [7, 11) is 6.18. The lowest BCUT2D eigenvalue weighted by molar-refractivity contribution is 0.384. The Bertz CT molecular complexity index is 1460. The molecule has 0 radical (unpaired) electrons. The largest absolute Gasteiger partial charge is 0.350 e. The maximum Gasteiger partial charge on any atom is 0.227 e. The fourth-order valence-corrected chi connectivity index (χ4v) is 4.38. The zero-order valence-electron chi connectivity index (χ0n) is 19.2. The van der Waals surface area contributed by atoms with E-state index in [0.29, 0.717) is 16.7 Å². The van der Waals surface area contributed by atoms with Crippen LogP contribution in [0.2, 0.25) is 5.02 Å². The zero-order valence-corrected chi connectivity index (χ0v) is 19.9. The number of rotatable bonds is 6. The number of hydrogen-bond acceptors (Lipinski definition) is 5. The van der Waals surface area contributed by atoms with Gasteiger partial charge in [0.1, 0.15) is 5.82 Å². The SMILES string of the molecule is Cc1nc2cc(Nc3ncc(Cl)c(-c4cn(C)c5ccccc45)n3)ccc2n1CCN(C)C. The monoisotopic (exact) mass is 459 g/mol. The van der Waals surface area contributed by atoms with Crippen LogP contribution in [0, 0.1) is 6.92 Å². The summed E-state index contributed by atoms with van der Waals surface area (Å²) in [6.45, 7) is 3.90. The van der Waals surface area contributed by atoms with Crippen molar-refractivity contribution >= 4 is 45.2 Å². The fourth-order valence-electron chi connectivity index (χ4n) is 4.19. The highest BCUT2D eigenvalue weighted by atomic mass is 35.5. The molecule has 7 nitrogen and oxygen atoms in total. The molecular weight excluding hydrogens is 434 g/mol. The van der Waals surface area contributed by atoms with E-state index >= 15 is 0 Å². The van der Waals surface area contributed by atoms with Crippen molar-refractivity contribution in [3.8, 4) is 11.3 Å². The van der Waals surface area contributed by atoms with Crippen LogP contribution in [0.5, 0.6) is 0 Å². The van der Waals surface area contributed by atoms with Crippen LogP contribution in [0.1, 0.15) is 5.82 Å². The lowest BCUT2D eigenvalue weighted by Gasteiger charge is -2.12. The van der Waals surface area contributed by atoms with E-state index in [1.54, 1.807) is 6.20 Å². The van der Waals surface area contributed by atoms with Crippen molar-refractivity contribution in [3.63, 3.8) is 0 Å². The Balaban J connectivity index is 1.47. The van der Waals surface area contributed by atoms with Gasteiger partial charge < -0.3 is 19.4 Å². The van der Waals surface area contributed by atoms with Gasteiger partial charge in [-0.15, -0.1) is 0 Å². The van der Waals surface area contributed by atoms with E-state index in [4.69, 9.17) is 21.6 Å². The molecule has 168 valence electrons. The molecule has 33 heavy (non-hydrogen) atoms. The summed E-state index contributed by atoms with van der Waals surface area (Å²) in [4.78, 5) is 16.1. The highest BCUT2D eigenvalue weighted by Gasteiger charge is 2.15. The minimum atomic E-state index is 0.491. The van der Waals surface area contributed by atoms with Crippen LogP contribution < -0.4 is 5.32 Å². The molecule has 0 fully saturated rings. The molecule has 0 saturated heterocycles. The van der Waals surface area contributed by atoms with E-state index in [0.717, 1.165) is 52.1 Å². The number of hydrogen-bond donors (Lipinski definition) is 1. The number of anilines is 2. The maximum absolute atomic E-state index is 6.52. The van der Waals surface area contributed by atoms with Crippen molar-refractivity contribution in [2.45, 2.75) is 13.5 Å². The van der Waals surface area contributed by atoms with E-state index < -0.39 is 0 Å². The summed E-state index contributed by atoms with van der Waals surface area (Å²) in [6.07, 6.45) is 3.70. The standard InChI is InChI=1S/C25H26ClN7/c1-16-28-21-13-17(9-10-23(21)33(16)12-11-31(2)3)29-25-27-14-20(26)24(30-25)19-15-32(4)22-8-6-5-7-18(19)22/h5-10,13-15H,11-12H2,1-4H3,(H,27,29,30). The maximum atomic E-state index is 6.52. The number of aryl methyl sites for hydroxylation is 2. The minimum Gasteiger partial charge on any atom is -0.350 e. The predicted octanol–water partition coefficient (Wildman–Crippen LogP) is 5.25. The van der Waals surface area contributed by atoms with Crippen molar-refractivity contribution in [2.24, 2.45) is 7.05 Å². The second-order valence-corrected chi connectivity index (χ2v) is 8.91. The first-order valence-electron chi connectivity index (χ1n) is 10.9. The van der Waals surface area contributed by atoms with E-state index in [9.17, 15) is 0 Å². The van der Waals surface area contributed by atoms with Crippen LogP contribution in [0.25, 0.3) is 33.2 Å². The molecule has 1 N–H and O–H groups in total. The van der Waals surface area contributed by atoms with Gasteiger partial charge in [0.25, 0.3) is 0 Å². The van der Waals surface area contributed by atoms with Crippen molar-refractivity contribution < 1.29 is 0 Å². The van der Waals surface area contributed by atoms with Crippen molar-refractivity contribution in [3.05, 3.63) is 65.7 Å². The topological polar surface area (TPSA) is 63.8 Å². The van der Waals surface area contributed by atoms with Gasteiger partial charge in [0.05, 0.1) is 27.9 Å². The molecule has 0 aliphatic rings. The average Bonchev–Trinajstić information content (AvgIpc) is 3.29. The van der Waals surface area contributed by atoms with Crippen molar-refractivity contribution in [1.29, 1.82) is 0 Å². The van der Waals surface area contributed by atoms with E-state index in [-0.39, 0.29) is 0 Å². The van der Waals surface area contributed by atoms with Gasteiger partial charge >= 0.3 is 0 Å². The normalized spacial score (nSPS) is 11.7. The van der Waals surface area contributed by atoms with E-state index in [1.165, 1.54) is 0 Å². The smallest absolute Gasteiger partial charge is 0.227 e. The number of imidazole rings is 1. The molecule has 0 atom stereocenters. The Kier molecular flexibility index (Phi) is 5.52. The van der Waals surface area contributed by atoms with Gasteiger partial charge in [-0.25, -0.2) is 15.0 Å². The van der Waals surface area contributed by atoms with Crippen LogP contribution in [-0.4, -0.2) is 49.6 Å². The second-order valence-electron chi connectivity index (χ2n) is 8.50. The molecule has 0 unspecified atom stereocenters. The first-order chi connectivity index (χ1) is 15.9. The Morgan fingerprint density at radius 2 is 1.88 bits per heavy atom. The number of halogens is 1. The lowest BCUT2D eigenvalue weighted by atomic mass is 10.1. The molecule has 0 bridgehead atoms. The summed E-state index contributed by atoms with van der Waals surface area (Å²) in [6, 6.07) is 14.4. The van der Waals surface area contributed by atoms with Crippen LogP contribution >= 0.6 is 11.6 Å². The first kappa shape index (κ1) is 21.4. The minimum absolute atomic E-state index is 0.491. The van der Waals surface area contributed by atoms with Crippen LogP contribution in [-0.2, 0) is 13.6 Å². The molecule has 0 aliphatic carbocycles. The van der Waals surface area contributed by atoms with Gasteiger partial charge in [-0.3, -0.25) is 0 Å². The Hall–Kier alpha value is -3.42. The third-order valence-corrected chi connectivity index (χ3v) is 6.14. The number of nitrogens with one attached hydrogen (secondary N) is 1. The van der Waals surface area contributed by atoms with Crippen LogP contribution in [0.15, 0.2) is 54.9 Å². The molecule has 0 amide bonds. The molecule has 8 heteroatoms. The highest BCUT2D eigenvalue weighted by Crippen LogP contribution is 2.34. The Morgan fingerprint density at radius 1 is 1.06 bits per heavy atom. The van der Waals surface area contributed by atoms with Gasteiger partial charge in [-0.2, -0.15) is 0 Å². The summed E-state index contributed by atoms with van der Waals surface area (Å²) in [5, 5.41) is 4.94. The third-order valence-electron chi connectivity index (χ3n) is 5.86. The molecule has 3 heterocycles. The predicted molar refractivity (Wildman–Crippen MR) is 135 cm³/mol. The Morgan fingerprint density at radius 3 is 2.70 bits per heavy atom. The van der Waals surface area contributed by atoms with Gasteiger partial charge in [0.15, 0.2) is 0 Å². The van der Waals surface area contributed by atoms with Gasteiger partial charge in [-0.05, 0) is 45.3 Å². The lowest BCUT2D eigenvalue weighted by Crippen LogP contribution is -2.18. The molecule has 0 spiro atoms. The summed E-state index contributed by atoms with van der Waals surface area (Å²) in [5.41, 5.74) is 5.76. The molecule has 2 aromatic carbocycles. The van der Waals surface area contributed by atoms with Gasteiger partial charge in [0.2, 0.25) is 5.95 Å². The second kappa shape index (κ2) is 8.50. The average molecular weight is 460 g/mol. The molecule has 0 saturated carbocycles. The third kappa shape index (κ3) is 4.05. The van der Waals surface area contributed by atoms with E-state index in [1.807, 2.05) is 38.2 Å². The van der Waals surface area contributed by atoms with Crippen molar-refractivity contribution in [2.75, 3.05) is 26.0 Å². The molecular formula is C25H26ClN7. The van der Waals surface area contributed by atoms with Gasteiger partial charge in [0, 0.05) is 48.5 Å². The molecule has 0 aliphatic heterocycles. The summed E-state index contributed by atoms with van der Waals surface area (Å²) in [5.74, 6) is 1.50. The number of para-hydroxylation sites is 1. The number of likely N-dealkylation sites (N-methyl/N-ethyl adjacent to an activating group) is 1. The number of nitrogens with zero attached hydrogens (tertiary/aromatic N) is 6. The quantitative estimate of drug-likeness (QED) is 0.375. The number of fused-ring (bicyclic) bond motifs is 2. The molecule has 5 aromatic rings. The number of benzene rings is 2. The molecule has 5 rings (SSSR count). The highest BCUT2D eigenvalue weighted by molar-refractivity contribution is 6.33. The number of aromatic nitrogens is 5. The summed E-state index contributed by atoms with van der Waals surface area (Å²) >= 11 is 6.52. The molecule has 3 aromatic heterocycles. The fraction of sp³-hybridized carbons (Fsp3) is 0.240. The zero-order chi connectivity index (χ0) is 23.1. The Labute approximate surface area is 197 Å². The van der Waals surface area contributed by atoms with Crippen LogP contribution in [0.4, 0.5) is 11.6 Å². The first-order valence-corrected chi connectivity index (χ1v) is 11.2. The van der Waals surface area contributed by atoms with Crippen molar-refractivity contribution in [1.82, 2.24) is 29.0 Å².